The topological polar surface area (TPSA) is 46.2 Å². The van der Waals surface area contributed by atoms with E-state index < -0.39 is 10.0 Å². The highest BCUT2D eigenvalue weighted by molar-refractivity contribution is 7.90. The van der Waals surface area contributed by atoms with Gasteiger partial charge in [-0.15, -0.1) is 0 Å². The molecular weight excluding hydrogens is 198 g/mol. The Morgan fingerprint density at radius 3 is 1.79 bits per heavy atom. The zero-order valence-electron chi connectivity index (χ0n) is 9.87. The second-order valence-electron chi connectivity index (χ2n) is 4.08. The van der Waals surface area contributed by atoms with Crippen molar-refractivity contribution in [3.05, 3.63) is 0 Å². The molecule has 0 fully saturated rings. The van der Waals surface area contributed by atoms with Crippen molar-refractivity contribution < 1.29 is 8.42 Å². The van der Waals surface area contributed by atoms with E-state index in [9.17, 15) is 8.42 Å². The summed E-state index contributed by atoms with van der Waals surface area (Å²) in [7, 11) is -3.11. The summed E-state index contributed by atoms with van der Waals surface area (Å²) in [6.45, 7) is 9.52. The van der Waals surface area contributed by atoms with Crippen LogP contribution in [-0.2, 0) is 10.0 Å². The zero-order chi connectivity index (χ0) is 11.4. The predicted octanol–water partition coefficient (Wildman–Crippen LogP) is 2.14. The molecule has 0 bridgehead atoms. The molecule has 0 amide bonds. The second kappa shape index (κ2) is 5.71. The molecule has 0 spiro atoms. The first-order chi connectivity index (χ1) is 6.35. The van der Waals surface area contributed by atoms with Gasteiger partial charge in [-0.1, -0.05) is 26.7 Å². The van der Waals surface area contributed by atoms with Crippen molar-refractivity contribution in [3.63, 3.8) is 0 Å². The molecule has 0 aromatic heterocycles. The second-order valence-corrected chi connectivity index (χ2v) is 6.35. The fraction of sp³-hybridized carbons (Fsp3) is 1.00. The van der Waals surface area contributed by atoms with Crippen LogP contribution in [0.2, 0.25) is 0 Å². The lowest BCUT2D eigenvalue weighted by Gasteiger charge is -2.23. The summed E-state index contributed by atoms with van der Waals surface area (Å²) in [4.78, 5) is 0. The lowest BCUT2D eigenvalue weighted by atomic mass is 9.96. The number of rotatable bonds is 6. The molecular formula is C10H23NO2S. The van der Waals surface area contributed by atoms with Crippen LogP contribution in [0.25, 0.3) is 0 Å². The Bertz CT molecular complexity index is 243. The molecule has 0 heterocycles. The van der Waals surface area contributed by atoms with Gasteiger partial charge < -0.3 is 0 Å². The summed E-state index contributed by atoms with van der Waals surface area (Å²) in [6.07, 6.45) is 2.02. The van der Waals surface area contributed by atoms with Gasteiger partial charge >= 0.3 is 0 Å². The van der Waals surface area contributed by atoms with Crippen molar-refractivity contribution in [2.45, 2.75) is 58.8 Å². The average Bonchev–Trinajstić information content (AvgIpc) is 2.05. The van der Waals surface area contributed by atoms with Crippen molar-refractivity contribution in [1.82, 2.24) is 4.72 Å². The zero-order valence-corrected chi connectivity index (χ0v) is 10.7. The van der Waals surface area contributed by atoms with Gasteiger partial charge in [-0.2, -0.15) is 0 Å². The van der Waals surface area contributed by atoms with E-state index in [0.29, 0.717) is 5.92 Å². The van der Waals surface area contributed by atoms with Crippen molar-refractivity contribution in [3.8, 4) is 0 Å². The molecule has 4 heteroatoms. The third-order valence-corrected chi connectivity index (χ3v) is 4.67. The number of hydrogen-bond acceptors (Lipinski definition) is 2. The smallest absolute Gasteiger partial charge is 0.212 e. The Hall–Kier alpha value is -0.0900. The predicted molar refractivity (Wildman–Crippen MR) is 60.7 cm³/mol. The maximum Gasteiger partial charge on any atom is 0.214 e. The Kier molecular flexibility index (Phi) is 5.67. The molecule has 0 aliphatic rings. The molecule has 0 aromatic rings. The third kappa shape index (κ3) is 3.96. The molecule has 86 valence electrons. The van der Waals surface area contributed by atoms with Crippen molar-refractivity contribution in [2.24, 2.45) is 5.92 Å². The van der Waals surface area contributed by atoms with Crippen LogP contribution in [0, 0.1) is 5.92 Å². The average molecular weight is 221 g/mol. The third-order valence-electron chi connectivity index (χ3n) is 2.73. The van der Waals surface area contributed by atoms with E-state index >= 15 is 0 Å². The molecule has 14 heavy (non-hydrogen) atoms. The van der Waals surface area contributed by atoms with E-state index in [1.165, 1.54) is 0 Å². The van der Waals surface area contributed by atoms with Crippen molar-refractivity contribution in [1.29, 1.82) is 0 Å². The minimum Gasteiger partial charge on any atom is -0.212 e. The lowest BCUT2D eigenvalue weighted by Crippen LogP contribution is -2.41. The van der Waals surface area contributed by atoms with Crippen LogP contribution < -0.4 is 4.72 Å². The molecule has 1 unspecified atom stereocenters. The maximum absolute atomic E-state index is 11.6. The number of hydrogen-bond donors (Lipinski definition) is 1. The summed E-state index contributed by atoms with van der Waals surface area (Å²) in [5.74, 6) is 0.434. The van der Waals surface area contributed by atoms with Crippen LogP contribution in [0.3, 0.4) is 0 Å². The lowest BCUT2D eigenvalue weighted by molar-refractivity contribution is 0.389. The van der Waals surface area contributed by atoms with Crippen LogP contribution in [-0.4, -0.2) is 19.7 Å². The quantitative estimate of drug-likeness (QED) is 0.747. The molecule has 1 N–H and O–H groups in total. The molecule has 0 aromatic carbocycles. The van der Waals surface area contributed by atoms with Gasteiger partial charge in [-0.3, -0.25) is 0 Å². The SMILES string of the molecule is CCC(CC)C(C)NS(=O)(=O)C(C)C. The van der Waals surface area contributed by atoms with Crippen LogP contribution in [0.5, 0.6) is 0 Å². The summed E-state index contributed by atoms with van der Waals surface area (Å²) in [5.41, 5.74) is 0. The molecule has 0 saturated heterocycles. The van der Waals surface area contributed by atoms with E-state index in [1.54, 1.807) is 13.8 Å². The highest BCUT2D eigenvalue weighted by Crippen LogP contribution is 2.14. The Morgan fingerprint density at radius 2 is 1.50 bits per heavy atom. The van der Waals surface area contributed by atoms with Crippen LogP contribution >= 0.6 is 0 Å². The summed E-state index contributed by atoms with van der Waals surface area (Å²) in [5, 5.41) is -0.348. The van der Waals surface area contributed by atoms with Crippen LogP contribution in [0.4, 0.5) is 0 Å². The standard InChI is InChI=1S/C10H23NO2S/c1-6-10(7-2)9(5)11-14(12,13)8(3)4/h8-11H,6-7H2,1-5H3. The number of nitrogens with one attached hydrogen (secondary N) is 1. The maximum atomic E-state index is 11.6. The highest BCUT2D eigenvalue weighted by atomic mass is 32.2. The highest BCUT2D eigenvalue weighted by Gasteiger charge is 2.22. The molecule has 0 rings (SSSR count). The van der Waals surface area contributed by atoms with Gasteiger partial charge in [-0.25, -0.2) is 13.1 Å². The number of sulfonamides is 1. The summed E-state index contributed by atoms with van der Waals surface area (Å²) in [6, 6.07) is 0.0393. The summed E-state index contributed by atoms with van der Waals surface area (Å²) >= 11 is 0. The van der Waals surface area contributed by atoms with Gasteiger partial charge in [0.25, 0.3) is 0 Å². The van der Waals surface area contributed by atoms with Gasteiger partial charge in [0.05, 0.1) is 5.25 Å². The largest absolute Gasteiger partial charge is 0.214 e. The van der Waals surface area contributed by atoms with Gasteiger partial charge in [0.15, 0.2) is 0 Å². The minimum absolute atomic E-state index is 0.0393. The van der Waals surface area contributed by atoms with Crippen LogP contribution in [0.1, 0.15) is 47.5 Å². The Labute approximate surface area is 88.3 Å². The van der Waals surface area contributed by atoms with E-state index in [-0.39, 0.29) is 11.3 Å². The van der Waals surface area contributed by atoms with E-state index in [2.05, 4.69) is 18.6 Å². The van der Waals surface area contributed by atoms with E-state index in [0.717, 1.165) is 12.8 Å². The van der Waals surface area contributed by atoms with Crippen LogP contribution in [0.15, 0.2) is 0 Å². The summed E-state index contributed by atoms with van der Waals surface area (Å²) < 4.78 is 25.9. The first-order valence-electron chi connectivity index (χ1n) is 5.36. The first kappa shape index (κ1) is 13.9. The molecule has 3 nitrogen and oxygen atoms in total. The van der Waals surface area contributed by atoms with E-state index in [1.807, 2.05) is 6.92 Å². The van der Waals surface area contributed by atoms with Gasteiger partial charge in [0, 0.05) is 6.04 Å². The molecule has 0 aliphatic heterocycles. The van der Waals surface area contributed by atoms with Gasteiger partial charge in [0.2, 0.25) is 10.0 Å². The molecule has 0 aliphatic carbocycles. The fourth-order valence-electron chi connectivity index (χ4n) is 1.49. The molecule has 1 atom stereocenters. The molecule has 0 radical (unpaired) electrons. The van der Waals surface area contributed by atoms with E-state index in [4.69, 9.17) is 0 Å². The monoisotopic (exact) mass is 221 g/mol. The Morgan fingerprint density at radius 1 is 1.07 bits per heavy atom. The van der Waals surface area contributed by atoms with Gasteiger partial charge in [-0.05, 0) is 26.7 Å². The van der Waals surface area contributed by atoms with Crippen molar-refractivity contribution >= 4 is 10.0 Å². The normalized spacial score (nSPS) is 15.1. The minimum atomic E-state index is -3.11. The molecule has 0 saturated carbocycles. The fourth-order valence-corrected chi connectivity index (χ4v) is 2.47. The van der Waals surface area contributed by atoms with Crippen molar-refractivity contribution in [2.75, 3.05) is 0 Å². The Balaban J connectivity index is 4.38. The van der Waals surface area contributed by atoms with Gasteiger partial charge in [0.1, 0.15) is 0 Å². The first-order valence-corrected chi connectivity index (χ1v) is 6.90.